The minimum absolute atomic E-state index is 0.140. The first-order valence-corrected chi connectivity index (χ1v) is 10.9. The number of esters is 1. The Kier molecular flexibility index (Phi) is 8.17. The Bertz CT molecular complexity index is 898. The van der Waals surface area contributed by atoms with Crippen LogP contribution < -0.4 is 10.2 Å². The fraction of sp³-hybridized carbons (Fsp3) is 0.375. The zero-order chi connectivity index (χ0) is 21.3. The van der Waals surface area contributed by atoms with Gasteiger partial charge in [0.1, 0.15) is 5.75 Å². The van der Waals surface area contributed by atoms with Crippen LogP contribution in [0.1, 0.15) is 30.9 Å². The van der Waals surface area contributed by atoms with Crippen LogP contribution in [0.4, 0.5) is 11.4 Å². The first-order chi connectivity index (χ1) is 14.6. The lowest BCUT2D eigenvalue weighted by atomic mass is 10.0. The summed E-state index contributed by atoms with van der Waals surface area (Å²) < 4.78 is 4.85. The van der Waals surface area contributed by atoms with E-state index in [2.05, 4.69) is 34.5 Å². The Morgan fingerprint density at radius 2 is 2.00 bits per heavy atom. The smallest absolute Gasteiger partial charge is 0.330 e. The second kappa shape index (κ2) is 11.0. The number of aromatic hydroxyl groups is 1. The van der Waals surface area contributed by atoms with Gasteiger partial charge < -0.3 is 20.1 Å². The van der Waals surface area contributed by atoms with Gasteiger partial charge in [-0.25, -0.2) is 4.79 Å². The number of nitrogens with zero attached hydrogens (tertiary/aromatic N) is 1. The summed E-state index contributed by atoms with van der Waals surface area (Å²) in [7, 11) is 0. The van der Waals surface area contributed by atoms with E-state index in [4.69, 9.17) is 16.3 Å². The van der Waals surface area contributed by atoms with Gasteiger partial charge in [0.25, 0.3) is 0 Å². The Morgan fingerprint density at radius 1 is 1.20 bits per heavy atom. The molecule has 3 rings (SSSR count). The van der Waals surface area contributed by atoms with E-state index < -0.39 is 0 Å². The molecule has 30 heavy (non-hydrogen) atoms. The minimum Gasteiger partial charge on any atom is -0.506 e. The fourth-order valence-corrected chi connectivity index (χ4v) is 3.88. The molecule has 2 N–H and O–H groups in total. The zero-order valence-corrected chi connectivity index (χ0v) is 18.1. The molecule has 0 aromatic heterocycles. The van der Waals surface area contributed by atoms with E-state index in [1.807, 2.05) is 6.07 Å². The number of halogens is 1. The summed E-state index contributed by atoms with van der Waals surface area (Å²) in [4.78, 5) is 13.6. The first-order valence-electron chi connectivity index (χ1n) is 10.5. The van der Waals surface area contributed by atoms with Gasteiger partial charge in [-0.15, -0.1) is 0 Å². The monoisotopic (exact) mass is 428 g/mol. The molecule has 0 radical (unpaired) electrons. The van der Waals surface area contributed by atoms with Crippen molar-refractivity contribution in [1.29, 1.82) is 0 Å². The number of rotatable bonds is 9. The highest BCUT2D eigenvalue weighted by Crippen LogP contribution is 2.40. The topological polar surface area (TPSA) is 61.8 Å². The molecule has 0 atom stereocenters. The van der Waals surface area contributed by atoms with E-state index in [1.165, 1.54) is 17.3 Å². The highest BCUT2D eigenvalue weighted by Gasteiger charge is 2.21. The number of carbonyl (C=O) groups excluding carboxylic acids is 1. The van der Waals surface area contributed by atoms with Crippen molar-refractivity contribution in [1.82, 2.24) is 5.32 Å². The molecule has 0 bridgehead atoms. The van der Waals surface area contributed by atoms with E-state index in [1.54, 1.807) is 19.1 Å². The molecule has 1 heterocycles. The highest BCUT2D eigenvalue weighted by molar-refractivity contribution is 6.32. The number of fused-ring (bicyclic) bond motifs is 2. The third-order valence-corrected chi connectivity index (χ3v) is 5.48. The molecule has 0 fully saturated rings. The predicted molar refractivity (Wildman–Crippen MR) is 122 cm³/mol. The molecule has 1 aliphatic heterocycles. The normalized spacial score (nSPS) is 13.1. The molecule has 5 nitrogen and oxygen atoms in total. The lowest BCUT2D eigenvalue weighted by Gasteiger charge is -2.27. The average molecular weight is 429 g/mol. The van der Waals surface area contributed by atoms with E-state index in [0.717, 1.165) is 50.0 Å². The number of nitrogens with one attached hydrogen (secondary N) is 1. The van der Waals surface area contributed by atoms with Gasteiger partial charge in [0.15, 0.2) is 0 Å². The molecule has 0 saturated carbocycles. The number of carbonyl (C=O) groups is 1. The third-order valence-electron chi connectivity index (χ3n) is 5.17. The van der Waals surface area contributed by atoms with Gasteiger partial charge in [-0.1, -0.05) is 35.9 Å². The van der Waals surface area contributed by atoms with Crippen molar-refractivity contribution in [3.8, 4) is 5.75 Å². The minimum atomic E-state index is -0.303. The van der Waals surface area contributed by atoms with Crippen molar-refractivity contribution < 1.29 is 14.6 Å². The van der Waals surface area contributed by atoms with Gasteiger partial charge in [0.05, 0.1) is 11.6 Å². The van der Waals surface area contributed by atoms with Gasteiger partial charge >= 0.3 is 5.97 Å². The van der Waals surface area contributed by atoms with E-state index >= 15 is 0 Å². The van der Waals surface area contributed by atoms with Gasteiger partial charge in [0.2, 0.25) is 0 Å². The summed E-state index contributed by atoms with van der Waals surface area (Å²) >= 11 is 6.24. The van der Waals surface area contributed by atoms with Gasteiger partial charge in [-0.2, -0.15) is 0 Å². The molecule has 0 unspecified atom stereocenters. The van der Waals surface area contributed by atoms with Gasteiger partial charge in [-0.05, 0) is 68.5 Å². The number of ether oxygens (including phenoxy) is 1. The molecule has 0 saturated heterocycles. The van der Waals surface area contributed by atoms with E-state index in [0.29, 0.717) is 18.2 Å². The number of aryl methyl sites for hydroxylation is 2. The van der Waals surface area contributed by atoms with Gasteiger partial charge in [-0.3, -0.25) is 0 Å². The third kappa shape index (κ3) is 5.77. The maximum Gasteiger partial charge on any atom is 0.330 e. The summed E-state index contributed by atoms with van der Waals surface area (Å²) in [5, 5.41) is 13.8. The molecule has 160 valence electrons. The lowest BCUT2D eigenvalue weighted by molar-refractivity contribution is -0.137. The van der Waals surface area contributed by atoms with Crippen LogP contribution in [0.3, 0.4) is 0 Å². The van der Waals surface area contributed by atoms with Crippen LogP contribution in [0.25, 0.3) is 0 Å². The molecule has 2 aromatic carbocycles. The van der Waals surface area contributed by atoms with Crippen molar-refractivity contribution in [2.75, 3.05) is 31.1 Å². The summed E-state index contributed by atoms with van der Waals surface area (Å²) in [6.45, 7) is 4.56. The highest BCUT2D eigenvalue weighted by atomic mass is 35.5. The fourth-order valence-electron chi connectivity index (χ4n) is 3.72. The van der Waals surface area contributed by atoms with Crippen molar-refractivity contribution in [2.24, 2.45) is 0 Å². The molecular weight excluding hydrogens is 400 g/mol. The largest absolute Gasteiger partial charge is 0.506 e. The number of para-hydroxylation sites is 1. The molecule has 0 aliphatic carbocycles. The second-order valence-electron chi connectivity index (χ2n) is 7.28. The standard InChI is InChI=1S/C24H29ClN2O3/c1-2-30-24(29)10-7-14-26-13-5-6-15-27-21-9-4-3-8-18(21)11-12-19-16-23(28)20(25)17-22(19)27/h3-4,7-10,16-17,26,28H,2,5-6,11-15H2,1H3/b10-7+. The van der Waals surface area contributed by atoms with Crippen molar-refractivity contribution in [2.45, 2.75) is 32.6 Å². The van der Waals surface area contributed by atoms with Crippen LogP contribution in [-0.4, -0.2) is 37.3 Å². The number of unbranched alkanes of at least 4 members (excludes halogenated alkanes) is 1. The molecular formula is C24H29ClN2O3. The van der Waals surface area contributed by atoms with Crippen molar-refractivity contribution >= 4 is 28.9 Å². The van der Waals surface area contributed by atoms with Crippen LogP contribution >= 0.6 is 11.6 Å². The number of benzene rings is 2. The van der Waals surface area contributed by atoms with Crippen LogP contribution in [-0.2, 0) is 22.4 Å². The second-order valence-corrected chi connectivity index (χ2v) is 7.69. The summed E-state index contributed by atoms with van der Waals surface area (Å²) in [5.41, 5.74) is 4.72. The van der Waals surface area contributed by atoms with Crippen LogP contribution in [0.5, 0.6) is 5.75 Å². The van der Waals surface area contributed by atoms with Crippen LogP contribution in [0.2, 0.25) is 5.02 Å². The predicted octanol–water partition coefficient (Wildman–Crippen LogP) is 4.77. The Hall–Kier alpha value is -2.50. The maximum absolute atomic E-state index is 11.3. The quantitative estimate of drug-likeness (QED) is 0.342. The molecule has 6 heteroatoms. The number of phenolic OH excluding ortho intramolecular Hbond substituents is 1. The van der Waals surface area contributed by atoms with Gasteiger partial charge in [0, 0.05) is 30.5 Å². The average Bonchev–Trinajstić information content (AvgIpc) is 2.88. The van der Waals surface area contributed by atoms with Crippen LogP contribution in [0.15, 0.2) is 48.6 Å². The van der Waals surface area contributed by atoms with Crippen molar-refractivity contribution in [3.63, 3.8) is 0 Å². The molecule has 0 amide bonds. The van der Waals surface area contributed by atoms with E-state index in [-0.39, 0.29) is 11.7 Å². The summed E-state index contributed by atoms with van der Waals surface area (Å²) in [6.07, 6.45) is 7.07. The number of hydrogen-bond donors (Lipinski definition) is 2. The Morgan fingerprint density at radius 3 is 2.83 bits per heavy atom. The molecule has 1 aliphatic rings. The van der Waals surface area contributed by atoms with Crippen molar-refractivity contribution in [3.05, 3.63) is 64.7 Å². The SMILES string of the molecule is CCOC(=O)/C=C/CNCCCCN1c2ccccc2CCc2cc(O)c(Cl)cc21. The number of phenols is 1. The first kappa shape index (κ1) is 22.2. The maximum atomic E-state index is 11.3. The summed E-state index contributed by atoms with van der Waals surface area (Å²) in [6, 6.07) is 12.2. The Balaban J connectivity index is 1.59. The van der Waals surface area contributed by atoms with E-state index in [9.17, 15) is 9.90 Å². The zero-order valence-electron chi connectivity index (χ0n) is 17.4. The van der Waals surface area contributed by atoms with Crippen LogP contribution in [0, 0.1) is 0 Å². The number of hydrogen-bond acceptors (Lipinski definition) is 5. The Labute approximate surface area is 183 Å². The summed E-state index contributed by atoms with van der Waals surface area (Å²) in [5.74, 6) is -0.163. The number of anilines is 2. The molecule has 0 spiro atoms. The lowest BCUT2D eigenvalue weighted by Crippen LogP contribution is -2.22. The molecule has 2 aromatic rings.